The molecule has 1 aromatic heterocycles. The fourth-order valence-corrected chi connectivity index (χ4v) is 2.84. The molecular weight excluding hydrogens is 296 g/mol. The van der Waals surface area contributed by atoms with Gasteiger partial charge < -0.3 is 20.1 Å². The van der Waals surface area contributed by atoms with E-state index in [1.54, 1.807) is 12.1 Å². The second-order valence-corrected chi connectivity index (χ2v) is 5.77. The SMILES string of the molecule is CCOc1ccc2[nH]c(C(=O)O)c(CNC(=O)C3CCC3)c2c1. The van der Waals surface area contributed by atoms with Gasteiger partial charge in [-0.05, 0) is 38.0 Å². The van der Waals surface area contributed by atoms with E-state index in [2.05, 4.69) is 10.3 Å². The largest absolute Gasteiger partial charge is 0.494 e. The van der Waals surface area contributed by atoms with Crippen molar-refractivity contribution in [2.45, 2.75) is 32.7 Å². The van der Waals surface area contributed by atoms with Crippen molar-refractivity contribution in [1.82, 2.24) is 10.3 Å². The van der Waals surface area contributed by atoms with E-state index in [0.717, 1.165) is 30.2 Å². The third kappa shape index (κ3) is 3.02. The number of rotatable bonds is 6. The van der Waals surface area contributed by atoms with Crippen LogP contribution >= 0.6 is 0 Å². The van der Waals surface area contributed by atoms with E-state index in [0.29, 0.717) is 17.9 Å². The van der Waals surface area contributed by atoms with Gasteiger partial charge in [0.2, 0.25) is 5.91 Å². The number of nitrogens with one attached hydrogen (secondary N) is 2. The van der Waals surface area contributed by atoms with Crippen molar-refractivity contribution < 1.29 is 19.4 Å². The molecule has 1 aromatic carbocycles. The molecule has 1 aliphatic carbocycles. The number of ether oxygens (including phenoxy) is 1. The minimum atomic E-state index is -1.04. The zero-order valence-corrected chi connectivity index (χ0v) is 13.0. The quantitative estimate of drug-likeness (QED) is 0.764. The van der Waals surface area contributed by atoms with E-state index < -0.39 is 5.97 Å². The third-order valence-electron chi connectivity index (χ3n) is 4.32. The van der Waals surface area contributed by atoms with Crippen molar-refractivity contribution in [3.8, 4) is 5.75 Å². The molecule has 3 N–H and O–H groups in total. The average Bonchev–Trinajstić information content (AvgIpc) is 2.82. The van der Waals surface area contributed by atoms with Gasteiger partial charge in [-0.15, -0.1) is 0 Å². The molecule has 0 saturated heterocycles. The fourth-order valence-electron chi connectivity index (χ4n) is 2.84. The normalized spacial score (nSPS) is 14.5. The molecule has 23 heavy (non-hydrogen) atoms. The lowest BCUT2D eigenvalue weighted by Gasteiger charge is -2.24. The van der Waals surface area contributed by atoms with Gasteiger partial charge in [0, 0.05) is 28.9 Å². The third-order valence-corrected chi connectivity index (χ3v) is 4.32. The van der Waals surface area contributed by atoms with Crippen molar-refractivity contribution in [3.05, 3.63) is 29.5 Å². The molecule has 6 nitrogen and oxygen atoms in total. The highest BCUT2D eigenvalue weighted by Gasteiger charge is 2.26. The number of H-pyrrole nitrogens is 1. The van der Waals surface area contributed by atoms with Crippen LogP contribution in [0.1, 0.15) is 42.2 Å². The number of carbonyl (C=O) groups is 2. The number of aromatic amines is 1. The molecule has 122 valence electrons. The number of carbonyl (C=O) groups excluding carboxylic acids is 1. The molecule has 6 heteroatoms. The summed E-state index contributed by atoms with van der Waals surface area (Å²) in [6.07, 6.45) is 2.92. The van der Waals surface area contributed by atoms with Gasteiger partial charge in [-0.3, -0.25) is 4.79 Å². The molecule has 0 radical (unpaired) electrons. The zero-order valence-electron chi connectivity index (χ0n) is 13.0. The number of amides is 1. The number of carboxylic acids is 1. The van der Waals surface area contributed by atoms with Crippen LogP contribution in [0.5, 0.6) is 5.75 Å². The summed E-state index contributed by atoms with van der Waals surface area (Å²) in [5, 5.41) is 13.0. The van der Waals surface area contributed by atoms with E-state index in [1.807, 2.05) is 13.0 Å². The van der Waals surface area contributed by atoms with E-state index >= 15 is 0 Å². The molecule has 1 amide bonds. The summed E-state index contributed by atoms with van der Waals surface area (Å²) in [4.78, 5) is 26.4. The Morgan fingerprint density at radius 3 is 2.78 bits per heavy atom. The second-order valence-electron chi connectivity index (χ2n) is 5.77. The van der Waals surface area contributed by atoms with Gasteiger partial charge in [0.1, 0.15) is 11.4 Å². The topological polar surface area (TPSA) is 91.4 Å². The number of benzene rings is 1. The van der Waals surface area contributed by atoms with E-state index in [1.165, 1.54) is 0 Å². The first-order valence-corrected chi connectivity index (χ1v) is 7.88. The van der Waals surface area contributed by atoms with Crippen molar-refractivity contribution in [1.29, 1.82) is 0 Å². The molecular formula is C17H20N2O4. The molecule has 1 heterocycles. The summed E-state index contributed by atoms with van der Waals surface area (Å²) in [6.45, 7) is 2.63. The zero-order chi connectivity index (χ0) is 16.4. The summed E-state index contributed by atoms with van der Waals surface area (Å²) in [5.41, 5.74) is 1.42. The maximum Gasteiger partial charge on any atom is 0.352 e. The van der Waals surface area contributed by atoms with E-state index in [9.17, 15) is 14.7 Å². The Hall–Kier alpha value is -2.50. The van der Waals surface area contributed by atoms with Crippen LogP contribution in [0.4, 0.5) is 0 Å². The molecule has 0 atom stereocenters. The minimum absolute atomic E-state index is 0.00269. The first kappa shape index (κ1) is 15.4. The summed E-state index contributed by atoms with van der Waals surface area (Å²) in [6, 6.07) is 5.40. The highest BCUT2D eigenvalue weighted by molar-refractivity contribution is 5.98. The summed E-state index contributed by atoms with van der Waals surface area (Å²) in [7, 11) is 0. The summed E-state index contributed by atoms with van der Waals surface area (Å²) >= 11 is 0. The molecule has 0 spiro atoms. The first-order chi connectivity index (χ1) is 11.1. The van der Waals surface area contributed by atoms with Gasteiger partial charge in [-0.25, -0.2) is 4.79 Å². The Morgan fingerprint density at radius 1 is 1.39 bits per heavy atom. The Morgan fingerprint density at radius 2 is 2.17 bits per heavy atom. The number of fused-ring (bicyclic) bond motifs is 1. The molecule has 1 saturated carbocycles. The smallest absolute Gasteiger partial charge is 0.352 e. The van der Waals surface area contributed by atoms with Crippen molar-refractivity contribution in [2.75, 3.05) is 6.61 Å². The first-order valence-electron chi connectivity index (χ1n) is 7.88. The van der Waals surface area contributed by atoms with Gasteiger partial charge in [0.15, 0.2) is 0 Å². The number of aromatic carboxylic acids is 1. The summed E-state index contributed by atoms with van der Waals surface area (Å²) in [5.74, 6) is -0.273. The Balaban J connectivity index is 1.90. The number of hydrogen-bond acceptors (Lipinski definition) is 3. The fraction of sp³-hybridized carbons (Fsp3) is 0.412. The highest BCUT2D eigenvalue weighted by Crippen LogP contribution is 2.29. The maximum absolute atomic E-state index is 12.0. The van der Waals surface area contributed by atoms with Crippen LogP contribution in [0, 0.1) is 5.92 Å². The van der Waals surface area contributed by atoms with Crippen molar-refractivity contribution in [2.24, 2.45) is 5.92 Å². The molecule has 0 aliphatic heterocycles. The van der Waals surface area contributed by atoms with Gasteiger partial charge in [0.25, 0.3) is 0 Å². The Labute approximate surface area is 133 Å². The molecule has 3 rings (SSSR count). The number of carboxylic acid groups (broad SMARTS) is 1. The lowest BCUT2D eigenvalue weighted by molar-refractivity contribution is -0.127. The number of hydrogen-bond donors (Lipinski definition) is 3. The molecule has 1 aliphatic rings. The Bertz CT molecular complexity index is 746. The average molecular weight is 316 g/mol. The van der Waals surface area contributed by atoms with Crippen LogP contribution in [0.2, 0.25) is 0 Å². The van der Waals surface area contributed by atoms with Crippen LogP contribution < -0.4 is 10.1 Å². The Kier molecular flexibility index (Phi) is 4.23. The molecule has 0 bridgehead atoms. The van der Waals surface area contributed by atoms with Crippen molar-refractivity contribution >= 4 is 22.8 Å². The van der Waals surface area contributed by atoms with Gasteiger partial charge >= 0.3 is 5.97 Å². The van der Waals surface area contributed by atoms with Gasteiger partial charge in [0.05, 0.1) is 6.61 Å². The van der Waals surface area contributed by atoms with E-state index in [4.69, 9.17) is 4.74 Å². The predicted octanol–water partition coefficient (Wildman–Crippen LogP) is 2.68. The number of aromatic nitrogens is 1. The molecule has 1 fully saturated rings. The van der Waals surface area contributed by atoms with Crippen molar-refractivity contribution in [3.63, 3.8) is 0 Å². The van der Waals surface area contributed by atoms with Crippen LogP contribution in [0.3, 0.4) is 0 Å². The lowest BCUT2D eigenvalue weighted by Crippen LogP contribution is -2.34. The highest BCUT2D eigenvalue weighted by atomic mass is 16.5. The minimum Gasteiger partial charge on any atom is -0.494 e. The summed E-state index contributed by atoms with van der Waals surface area (Å²) < 4.78 is 5.48. The van der Waals surface area contributed by atoms with Gasteiger partial charge in [-0.1, -0.05) is 6.42 Å². The second kappa shape index (κ2) is 6.32. The lowest BCUT2D eigenvalue weighted by atomic mass is 9.85. The maximum atomic E-state index is 12.0. The van der Waals surface area contributed by atoms with Crippen LogP contribution in [-0.4, -0.2) is 28.6 Å². The standard InChI is InChI=1S/C17H20N2O4/c1-2-23-11-6-7-14-12(8-11)13(15(19-14)17(21)22)9-18-16(20)10-4-3-5-10/h6-8,10,19H,2-5,9H2,1H3,(H,18,20)(H,21,22). The van der Waals surface area contributed by atoms with Crippen LogP contribution in [0.15, 0.2) is 18.2 Å². The molecule has 0 unspecified atom stereocenters. The molecule has 2 aromatic rings. The predicted molar refractivity (Wildman–Crippen MR) is 85.6 cm³/mol. The van der Waals surface area contributed by atoms with Crippen LogP contribution in [0.25, 0.3) is 10.9 Å². The monoisotopic (exact) mass is 316 g/mol. The van der Waals surface area contributed by atoms with Crippen LogP contribution in [-0.2, 0) is 11.3 Å². The van der Waals surface area contributed by atoms with E-state index in [-0.39, 0.29) is 24.1 Å². The van der Waals surface area contributed by atoms with Gasteiger partial charge in [-0.2, -0.15) is 0 Å².